The van der Waals surface area contributed by atoms with E-state index in [0.29, 0.717) is 12.0 Å². The number of hydrogen-bond donors (Lipinski definition) is 4. The third kappa shape index (κ3) is 10.8. The van der Waals surface area contributed by atoms with Crippen LogP contribution in [0.5, 0.6) is 0 Å². The lowest BCUT2D eigenvalue weighted by atomic mass is 10.0. The van der Waals surface area contributed by atoms with Gasteiger partial charge in [0.05, 0.1) is 17.8 Å². The van der Waals surface area contributed by atoms with E-state index in [9.17, 15) is 14.4 Å². The number of nitrogens with one attached hydrogen (secondary N) is 4. The maximum Gasteiger partial charge on any atom is 0.256 e. The number of amides is 2. The van der Waals surface area contributed by atoms with Crippen molar-refractivity contribution in [2.45, 2.75) is 6.42 Å². The molecular formula is C56H50N8O3S2. The van der Waals surface area contributed by atoms with Gasteiger partial charge in [-0.3, -0.25) is 14.4 Å². The fourth-order valence-electron chi connectivity index (χ4n) is 8.68. The van der Waals surface area contributed by atoms with Crippen LogP contribution < -0.4 is 31.1 Å². The van der Waals surface area contributed by atoms with Crippen LogP contribution in [-0.4, -0.2) is 80.4 Å². The molecule has 4 aliphatic rings. The molecule has 2 saturated heterocycles. The van der Waals surface area contributed by atoms with Gasteiger partial charge in [0.2, 0.25) is 5.91 Å². The number of benzene rings is 6. The number of aromatic nitrogens is 2. The molecule has 4 aliphatic heterocycles. The second-order valence-electron chi connectivity index (χ2n) is 17.0. The normalized spacial score (nSPS) is 15.5. The summed E-state index contributed by atoms with van der Waals surface area (Å²) in [5.74, 6) is -0.00742. The maximum absolute atomic E-state index is 12.8. The predicted octanol–water partition coefficient (Wildman–Crippen LogP) is 10.3. The molecule has 4 N–H and O–H groups in total. The van der Waals surface area contributed by atoms with E-state index in [0.717, 1.165) is 136 Å². The van der Waals surface area contributed by atoms with Crippen LogP contribution in [0, 0.1) is 0 Å². The number of piperazine rings is 2. The van der Waals surface area contributed by atoms with Gasteiger partial charge in [0.25, 0.3) is 5.91 Å². The molecule has 2 amide bonds. The highest BCUT2D eigenvalue weighted by molar-refractivity contribution is 7.13. The standard InChI is InChI=1S/C28H24N4OS.C17H12N2OS.C11H14N2O/c33-27-24(16-19-6-9-22(10-7-19)32-14-12-29-13-15-32)23-17-21(8-11-25(23)30-27)26-18-34-28(31-26)20-4-2-1-3-5-20;20-16-9-13-8-12(6-7-14(13)18-16)15-10-21-17(19-15)11-4-2-1-3-5-11;14-9-10-1-3-11(4-2-10)13-7-5-12-6-8-13/h1-11,16-18,29H,12-15H2,(H,30,33);1-8,10H,9H2,(H,18,20);1-4,9,12H,5-8H2/b24-16-;;. The lowest BCUT2D eigenvalue weighted by molar-refractivity contribution is -0.115. The fourth-order valence-corrected chi connectivity index (χ4v) is 10.3. The molecule has 0 aliphatic carbocycles. The van der Waals surface area contributed by atoms with Crippen LogP contribution in [0.25, 0.3) is 55.3 Å². The monoisotopic (exact) mass is 946 g/mol. The minimum atomic E-state index is -0.0680. The third-order valence-corrected chi connectivity index (χ3v) is 14.2. The number of hydrogen-bond acceptors (Lipinski definition) is 11. The first-order valence-corrected chi connectivity index (χ1v) is 24.9. The number of carbonyl (C=O) groups excluding carboxylic acids is 3. The Labute approximate surface area is 409 Å². The first-order chi connectivity index (χ1) is 33.9. The molecule has 0 spiro atoms. The van der Waals surface area contributed by atoms with E-state index in [1.54, 1.807) is 22.7 Å². The Balaban J connectivity index is 0.000000134. The van der Waals surface area contributed by atoms with Crippen LogP contribution in [0.2, 0.25) is 0 Å². The van der Waals surface area contributed by atoms with Gasteiger partial charge >= 0.3 is 0 Å². The van der Waals surface area contributed by atoms with E-state index in [1.165, 1.54) is 11.4 Å². The molecule has 344 valence electrons. The summed E-state index contributed by atoms with van der Waals surface area (Å²) in [6.45, 7) is 8.21. The van der Waals surface area contributed by atoms with Crippen LogP contribution in [0.4, 0.5) is 22.7 Å². The van der Waals surface area contributed by atoms with Gasteiger partial charge in [-0.05, 0) is 77.9 Å². The number of aldehydes is 1. The van der Waals surface area contributed by atoms with Gasteiger partial charge in [0.15, 0.2) is 0 Å². The SMILES string of the molecule is O=C1Cc2cc(-c3csc(-c4ccccc4)n3)ccc2N1.O=C1Nc2ccc(-c3csc(-c4ccccc4)n3)cc2/C1=C/c1ccc(N2CCNCC2)cc1.O=Cc1ccc(N2CCNCC2)cc1. The first-order valence-electron chi connectivity index (χ1n) is 23.1. The molecule has 2 fully saturated rings. The van der Waals surface area contributed by atoms with Crippen molar-refractivity contribution in [2.24, 2.45) is 0 Å². The van der Waals surface area contributed by atoms with Crippen molar-refractivity contribution in [1.29, 1.82) is 0 Å². The Kier molecular flexibility index (Phi) is 13.9. The Morgan fingerprint density at radius 3 is 1.57 bits per heavy atom. The minimum Gasteiger partial charge on any atom is -0.369 e. The fraction of sp³-hybridized carbons (Fsp3) is 0.161. The molecule has 69 heavy (non-hydrogen) atoms. The summed E-state index contributed by atoms with van der Waals surface area (Å²) in [6, 6.07) is 48.7. The molecule has 12 rings (SSSR count). The average molecular weight is 947 g/mol. The van der Waals surface area contributed by atoms with Crippen LogP contribution in [0.3, 0.4) is 0 Å². The molecule has 0 unspecified atom stereocenters. The van der Waals surface area contributed by atoms with Gasteiger partial charge in [-0.2, -0.15) is 0 Å². The lowest BCUT2D eigenvalue weighted by Crippen LogP contribution is -2.43. The molecule has 0 bridgehead atoms. The zero-order chi connectivity index (χ0) is 46.9. The van der Waals surface area contributed by atoms with Crippen molar-refractivity contribution in [2.75, 3.05) is 72.8 Å². The van der Waals surface area contributed by atoms with Gasteiger partial charge in [0.1, 0.15) is 16.3 Å². The van der Waals surface area contributed by atoms with Crippen LogP contribution >= 0.6 is 22.7 Å². The van der Waals surface area contributed by atoms with Crippen molar-refractivity contribution in [1.82, 2.24) is 20.6 Å². The number of thiazole rings is 2. The number of nitrogens with zero attached hydrogens (tertiary/aromatic N) is 4. The number of fused-ring (bicyclic) bond motifs is 2. The van der Waals surface area contributed by atoms with Crippen molar-refractivity contribution in [3.63, 3.8) is 0 Å². The number of carbonyl (C=O) groups is 3. The van der Waals surface area contributed by atoms with Gasteiger partial charge in [0, 0.05) is 125 Å². The quantitative estimate of drug-likeness (QED) is 0.0869. The molecule has 6 aromatic carbocycles. The average Bonchev–Trinajstić information content (AvgIpc) is 4.25. The number of rotatable bonds is 8. The van der Waals surface area contributed by atoms with Gasteiger partial charge in [-0.1, -0.05) is 84.9 Å². The third-order valence-electron chi connectivity index (χ3n) is 12.4. The highest BCUT2D eigenvalue weighted by Gasteiger charge is 2.25. The first kappa shape index (κ1) is 45.2. The van der Waals surface area contributed by atoms with Crippen molar-refractivity contribution < 1.29 is 14.4 Å². The van der Waals surface area contributed by atoms with Crippen LogP contribution in [-0.2, 0) is 16.0 Å². The van der Waals surface area contributed by atoms with Crippen molar-refractivity contribution in [3.05, 3.63) is 179 Å². The Morgan fingerprint density at radius 1 is 0.522 bits per heavy atom. The summed E-state index contributed by atoms with van der Waals surface area (Å²) >= 11 is 3.27. The summed E-state index contributed by atoms with van der Waals surface area (Å²) in [5, 5.41) is 18.7. The largest absolute Gasteiger partial charge is 0.369 e. The molecule has 2 aromatic heterocycles. The zero-order valence-electron chi connectivity index (χ0n) is 37.9. The zero-order valence-corrected chi connectivity index (χ0v) is 39.5. The van der Waals surface area contributed by atoms with Crippen LogP contribution in [0.1, 0.15) is 27.0 Å². The lowest BCUT2D eigenvalue weighted by Gasteiger charge is -2.29. The molecule has 0 radical (unpaired) electrons. The number of anilines is 4. The second kappa shape index (κ2) is 21.2. The predicted molar refractivity (Wildman–Crippen MR) is 283 cm³/mol. The minimum absolute atomic E-state index is 0.0606. The highest BCUT2D eigenvalue weighted by atomic mass is 32.1. The smallest absolute Gasteiger partial charge is 0.256 e. The molecular weight excluding hydrogens is 897 g/mol. The van der Waals surface area contributed by atoms with Crippen molar-refractivity contribution >= 4 is 75.2 Å². The van der Waals surface area contributed by atoms with Crippen molar-refractivity contribution in [3.8, 4) is 43.7 Å². The van der Waals surface area contributed by atoms with Gasteiger partial charge < -0.3 is 31.1 Å². The summed E-state index contributed by atoms with van der Waals surface area (Å²) < 4.78 is 0. The molecule has 0 atom stereocenters. The van der Waals surface area contributed by atoms with E-state index in [1.807, 2.05) is 91.0 Å². The summed E-state index contributed by atoms with van der Waals surface area (Å²) in [7, 11) is 0. The molecule has 6 heterocycles. The second-order valence-corrected chi connectivity index (χ2v) is 18.7. The van der Waals surface area contributed by atoms with E-state index in [-0.39, 0.29) is 11.8 Å². The Hall–Kier alpha value is -7.55. The maximum atomic E-state index is 12.8. The van der Waals surface area contributed by atoms with E-state index >= 15 is 0 Å². The molecule has 0 saturated carbocycles. The molecule has 8 aromatic rings. The Morgan fingerprint density at radius 2 is 1.03 bits per heavy atom. The van der Waals surface area contributed by atoms with Gasteiger partial charge in [-0.25, -0.2) is 9.97 Å². The summed E-state index contributed by atoms with van der Waals surface area (Å²) in [6.07, 6.45) is 3.31. The van der Waals surface area contributed by atoms with E-state index < -0.39 is 0 Å². The summed E-state index contributed by atoms with van der Waals surface area (Å²) in [5.41, 5.74) is 14.8. The molecule has 11 nitrogen and oxygen atoms in total. The Bertz CT molecular complexity index is 3100. The molecule has 13 heteroatoms. The van der Waals surface area contributed by atoms with Crippen LogP contribution in [0.15, 0.2) is 156 Å². The topological polar surface area (TPSA) is 132 Å². The summed E-state index contributed by atoms with van der Waals surface area (Å²) in [4.78, 5) is 48.9. The van der Waals surface area contributed by atoms with E-state index in [2.05, 4.69) is 102 Å². The van der Waals surface area contributed by atoms with Gasteiger partial charge in [-0.15, -0.1) is 22.7 Å². The highest BCUT2D eigenvalue weighted by Crippen LogP contribution is 2.38. The van der Waals surface area contributed by atoms with E-state index in [4.69, 9.17) is 9.97 Å².